The van der Waals surface area contributed by atoms with Crippen LogP contribution in [0.25, 0.3) is 0 Å². The molecule has 2 aromatic carbocycles. The lowest BCUT2D eigenvalue weighted by Crippen LogP contribution is -2.10. The number of carbonyl (C=O) groups excluding carboxylic acids is 1. The first-order chi connectivity index (χ1) is 11.6. The maximum Gasteiger partial charge on any atom is 0.283 e. The van der Waals surface area contributed by atoms with E-state index in [4.69, 9.17) is 9.47 Å². The van der Waals surface area contributed by atoms with Crippen LogP contribution in [-0.2, 0) is 13.0 Å². The van der Waals surface area contributed by atoms with Crippen molar-refractivity contribution < 1.29 is 14.3 Å². The van der Waals surface area contributed by atoms with Gasteiger partial charge in [0.2, 0.25) is 0 Å². The Morgan fingerprint density at radius 1 is 1.21 bits per heavy atom. The number of methoxy groups -OCH3 is 1. The summed E-state index contributed by atoms with van der Waals surface area (Å²) in [4.78, 5) is 11.8. The molecule has 0 fully saturated rings. The van der Waals surface area contributed by atoms with Crippen LogP contribution < -0.4 is 14.8 Å². The molecule has 0 atom stereocenters. The van der Waals surface area contributed by atoms with Crippen molar-refractivity contribution in [3.05, 3.63) is 53.1 Å². The van der Waals surface area contributed by atoms with Crippen molar-refractivity contribution in [3.8, 4) is 11.5 Å². The van der Waals surface area contributed by atoms with E-state index in [0.717, 1.165) is 35.1 Å². The highest BCUT2D eigenvalue weighted by Gasteiger charge is 2.13. The molecule has 0 spiro atoms. The highest BCUT2D eigenvalue weighted by Crippen LogP contribution is 2.30. The molecule has 24 heavy (non-hydrogen) atoms. The Morgan fingerprint density at radius 3 is 2.62 bits per heavy atom. The summed E-state index contributed by atoms with van der Waals surface area (Å²) in [5.41, 5.74) is 3.92. The van der Waals surface area contributed by atoms with Crippen LogP contribution in [0.5, 0.6) is 11.5 Å². The number of rotatable bonds is 6. The number of para-hydroxylation sites is 1. The number of carbonyl (C=O) groups is 1. The molecule has 0 saturated heterocycles. The highest BCUT2D eigenvalue weighted by molar-refractivity contribution is 8.13. The smallest absolute Gasteiger partial charge is 0.283 e. The SMILES string of the molecule is CCc1ccc(OCc2cccc(OC)c2NC(=O)SC)c(C)c1. The van der Waals surface area contributed by atoms with E-state index in [1.165, 1.54) is 5.56 Å². The molecule has 0 saturated carbocycles. The minimum absolute atomic E-state index is 0.135. The van der Waals surface area contributed by atoms with E-state index in [-0.39, 0.29) is 5.24 Å². The minimum Gasteiger partial charge on any atom is -0.495 e. The number of thioether (sulfide) groups is 1. The standard InChI is InChI=1S/C19H23NO3S/c1-5-14-9-10-16(13(2)11-14)23-12-15-7-6-8-17(22-3)18(15)20-19(21)24-4/h6-11H,5,12H2,1-4H3,(H,20,21). The highest BCUT2D eigenvalue weighted by atomic mass is 32.2. The largest absolute Gasteiger partial charge is 0.495 e. The van der Waals surface area contributed by atoms with Gasteiger partial charge < -0.3 is 14.8 Å². The van der Waals surface area contributed by atoms with Crippen LogP contribution in [-0.4, -0.2) is 18.6 Å². The summed E-state index contributed by atoms with van der Waals surface area (Å²) in [6.07, 6.45) is 2.74. The number of nitrogens with one attached hydrogen (secondary N) is 1. The molecular formula is C19H23NO3S. The van der Waals surface area contributed by atoms with Gasteiger partial charge in [-0.25, -0.2) is 0 Å². The average molecular weight is 345 g/mol. The average Bonchev–Trinajstić information content (AvgIpc) is 2.61. The lowest BCUT2D eigenvalue weighted by Gasteiger charge is -2.16. The van der Waals surface area contributed by atoms with Crippen molar-refractivity contribution in [2.75, 3.05) is 18.7 Å². The van der Waals surface area contributed by atoms with Crippen LogP contribution >= 0.6 is 11.8 Å². The third kappa shape index (κ3) is 4.45. The fourth-order valence-corrected chi connectivity index (χ4v) is 2.61. The fourth-order valence-electron chi connectivity index (χ4n) is 2.41. The van der Waals surface area contributed by atoms with Crippen LogP contribution in [0.1, 0.15) is 23.6 Å². The van der Waals surface area contributed by atoms with Gasteiger partial charge in [0.05, 0.1) is 12.8 Å². The molecule has 1 amide bonds. The summed E-state index contributed by atoms with van der Waals surface area (Å²) in [7, 11) is 1.59. The van der Waals surface area contributed by atoms with Crippen molar-refractivity contribution in [2.45, 2.75) is 26.9 Å². The van der Waals surface area contributed by atoms with Crippen LogP contribution in [0, 0.1) is 6.92 Å². The zero-order valence-electron chi connectivity index (χ0n) is 14.5. The third-order valence-electron chi connectivity index (χ3n) is 3.78. The maximum absolute atomic E-state index is 11.8. The Kier molecular flexibility index (Phi) is 6.55. The van der Waals surface area contributed by atoms with Crippen molar-refractivity contribution in [3.63, 3.8) is 0 Å². The summed E-state index contributed by atoms with van der Waals surface area (Å²) >= 11 is 1.12. The molecule has 2 aromatic rings. The summed E-state index contributed by atoms with van der Waals surface area (Å²) in [5.74, 6) is 1.47. The predicted molar refractivity (Wildman–Crippen MR) is 100 cm³/mol. The van der Waals surface area contributed by atoms with Gasteiger partial charge in [-0.15, -0.1) is 0 Å². The van der Waals surface area contributed by atoms with Gasteiger partial charge in [0.1, 0.15) is 18.1 Å². The molecule has 0 aliphatic carbocycles. The van der Waals surface area contributed by atoms with Crippen molar-refractivity contribution in [1.29, 1.82) is 0 Å². The number of amides is 1. The third-order valence-corrected chi connectivity index (χ3v) is 4.25. The van der Waals surface area contributed by atoms with Crippen LogP contribution in [0.4, 0.5) is 10.5 Å². The number of anilines is 1. The molecule has 0 unspecified atom stereocenters. The second-order valence-corrected chi connectivity index (χ2v) is 6.13. The molecule has 5 heteroatoms. The molecule has 0 aliphatic heterocycles. The second-order valence-electron chi connectivity index (χ2n) is 5.35. The van der Waals surface area contributed by atoms with Crippen molar-refractivity contribution >= 4 is 22.7 Å². The molecular weight excluding hydrogens is 322 g/mol. The van der Waals surface area contributed by atoms with Gasteiger partial charge >= 0.3 is 0 Å². The van der Waals surface area contributed by atoms with Gasteiger partial charge in [-0.05, 0) is 42.9 Å². The Bertz CT molecular complexity index is 716. The Balaban J connectivity index is 2.21. The molecule has 2 rings (SSSR count). The Labute approximate surface area is 147 Å². The molecule has 0 heterocycles. The number of aryl methyl sites for hydroxylation is 2. The molecule has 0 radical (unpaired) electrons. The van der Waals surface area contributed by atoms with Gasteiger partial charge in [0.25, 0.3) is 5.24 Å². The maximum atomic E-state index is 11.8. The summed E-state index contributed by atoms with van der Waals surface area (Å²) < 4.78 is 11.3. The van der Waals surface area contributed by atoms with Gasteiger partial charge in [-0.3, -0.25) is 4.79 Å². The Morgan fingerprint density at radius 2 is 2.00 bits per heavy atom. The van der Waals surface area contributed by atoms with E-state index in [1.807, 2.05) is 31.2 Å². The van der Waals surface area contributed by atoms with Crippen molar-refractivity contribution in [2.24, 2.45) is 0 Å². The first kappa shape index (κ1) is 18.2. The molecule has 128 valence electrons. The minimum atomic E-state index is -0.135. The van der Waals surface area contributed by atoms with E-state index < -0.39 is 0 Å². The topological polar surface area (TPSA) is 47.6 Å². The summed E-state index contributed by atoms with van der Waals surface area (Å²) in [5, 5.41) is 2.73. The molecule has 4 nitrogen and oxygen atoms in total. The second kappa shape index (κ2) is 8.64. The first-order valence-electron chi connectivity index (χ1n) is 7.82. The first-order valence-corrected chi connectivity index (χ1v) is 9.04. The van der Waals surface area contributed by atoms with E-state index in [0.29, 0.717) is 18.0 Å². The van der Waals surface area contributed by atoms with Crippen LogP contribution in [0.2, 0.25) is 0 Å². The van der Waals surface area contributed by atoms with Gasteiger partial charge in [-0.1, -0.05) is 43.0 Å². The molecule has 0 aromatic heterocycles. The van der Waals surface area contributed by atoms with E-state index in [1.54, 1.807) is 13.4 Å². The zero-order chi connectivity index (χ0) is 17.5. The van der Waals surface area contributed by atoms with Gasteiger partial charge in [0.15, 0.2) is 0 Å². The number of hydrogen-bond donors (Lipinski definition) is 1. The quantitative estimate of drug-likeness (QED) is 0.797. The predicted octanol–water partition coefficient (Wildman–Crippen LogP) is 5.04. The lowest BCUT2D eigenvalue weighted by molar-refractivity contribution is 0.269. The normalized spacial score (nSPS) is 10.3. The summed E-state index contributed by atoms with van der Waals surface area (Å²) in [6.45, 7) is 4.52. The Hall–Kier alpha value is -2.14. The van der Waals surface area contributed by atoms with Gasteiger partial charge in [-0.2, -0.15) is 0 Å². The summed E-state index contributed by atoms with van der Waals surface area (Å²) in [6, 6.07) is 11.8. The lowest BCUT2D eigenvalue weighted by atomic mass is 10.1. The number of benzene rings is 2. The van der Waals surface area contributed by atoms with E-state index >= 15 is 0 Å². The van der Waals surface area contributed by atoms with Crippen LogP contribution in [0.15, 0.2) is 36.4 Å². The number of hydrogen-bond acceptors (Lipinski definition) is 4. The molecule has 0 aliphatic rings. The fraction of sp³-hybridized carbons (Fsp3) is 0.316. The van der Waals surface area contributed by atoms with Crippen LogP contribution in [0.3, 0.4) is 0 Å². The van der Waals surface area contributed by atoms with E-state index in [9.17, 15) is 4.79 Å². The van der Waals surface area contributed by atoms with Crippen molar-refractivity contribution in [1.82, 2.24) is 0 Å². The molecule has 1 N–H and O–H groups in total. The monoisotopic (exact) mass is 345 g/mol. The zero-order valence-corrected chi connectivity index (χ0v) is 15.3. The molecule has 0 bridgehead atoms. The number of ether oxygens (including phenoxy) is 2. The van der Waals surface area contributed by atoms with E-state index in [2.05, 4.69) is 24.4 Å². The van der Waals surface area contributed by atoms with Gasteiger partial charge in [0, 0.05) is 5.56 Å².